The number of nitrogens with zero attached hydrogens (tertiary/aromatic N) is 2. The van der Waals surface area contributed by atoms with Gasteiger partial charge in [-0.2, -0.15) is 0 Å². The van der Waals surface area contributed by atoms with Crippen molar-refractivity contribution in [3.8, 4) is 11.5 Å². The Hall–Kier alpha value is -1.79. The van der Waals surface area contributed by atoms with Crippen LogP contribution in [-0.4, -0.2) is 66.7 Å². The first kappa shape index (κ1) is 22.5. The Bertz CT molecular complexity index is 625. The van der Waals surface area contributed by atoms with Crippen LogP contribution in [0.2, 0.25) is 0 Å². The van der Waals surface area contributed by atoms with Gasteiger partial charge in [-0.1, -0.05) is 6.07 Å². The number of carbonyl (C=O) groups excluding carboxylic acids is 1. The summed E-state index contributed by atoms with van der Waals surface area (Å²) in [5, 5.41) is 3.47. The smallest absolute Gasteiger partial charge is 0.260 e. The van der Waals surface area contributed by atoms with Crippen LogP contribution in [0.3, 0.4) is 0 Å². The summed E-state index contributed by atoms with van der Waals surface area (Å²) in [5.74, 6) is 1.32. The number of carbonyl (C=O) groups is 1. The van der Waals surface area contributed by atoms with Crippen LogP contribution < -0.4 is 14.8 Å². The normalized spacial score (nSPS) is 17.8. The lowest BCUT2D eigenvalue weighted by Crippen LogP contribution is -2.48. The van der Waals surface area contributed by atoms with Crippen molar-refractivity contribution in [1.29, 1.82) is 0 Å². The second kappa shape index (κ2) is 10.7. The average molecular weight is 392 g/mol. The van der Waals surface area contributed by atoms with E-state index in [1.165, 1.54) is 5.56 Å². The predicted octanol–water partition coefficient (Wildman–Crippen LogP) is 2.90. The highest BCUT2D eigenvalue weighted by molar-refractivity contribution is 5.78. The van der Waals surface area contributed by atoms with Crippen LogP contribution in [0, 0.1) is 0 Å². The van der Waals surface area contributed by atoms with Crippen molar-refractivity contribution in [2.45, 2.75) is 66.2 Å². The second-order valence-electron chi connectivity index (χ2n) is 8.08. The first-order chi connectivity index (χ1) is 13.3. The fraction of sp³-hybridized carbons (Fsp3) is 0.682. The minimum absolute atomic E-state index is 0.00803. The number of hydrogen-bond acceptors (Lipinski definition) is 5. The van der Waals surface area contributed by atoms with E-state index in [-0.39, 0.29) is 24.6 Å². The molecule has 0 aliphatic carbocycles. The van der Waals surface area contributed by atoms with Gasteiger partial charge in [0.05, 0.1) is 6.61 Å². The molecule has 1 fully saturated rings. The SMILES string of the molecule is CCOc1cc(CN2CCN[C@H](C)C2)ccc1OCC(=O)N(C(C)C)C(C)C. The number of nitrogens with one attached hydrogen (secondary N) is 1. The van der Waals surface area contributed by atoms with E-state index in [0.29, 0.717) is 24.1 Å². The number of rotatable bonds is 9. The molecule has 1 amide bonds. The van der Waals surface area contributed by atoms with Gasteiger partial charge in [0.1, 0.15) is 0 Å². The Kier molecular flexibility index (Phi) is 8.58. The summed E-state index contributed by atoms with van der Waals surface area (Å²) in [6.07, 6.45) is 0. The van der Waals surface area contributed by atoms with E-state index in [9.17, 15) is 4.79 Å². The van der Waals surface area contributed by atoms with Gasteiger partial charge in [-0.3, -0.25) is 9.69 Å². The van der Waals surface area contributed by atoms with Crippen molar-refractivity contribution in [3.05, 3.63) is 23.8 Å². The maximum atomic E-state index is 12.6. The van der Waals surface area contributed by atoms with Gasteiger partial charge in [0.15, 0.2) is 18.1 Å². The lowest BCUT2D eigenvalue weighted by atomic mass is 10.1. The van der Waals surface area contributed by atoms with Crippen LogP contribution in [0.4, 0.5) is 0 Å². The van der Waals surface area contributed by atoms with Gasteiger partial charge in [0, 0.05) is 44.3 Å². The van der Waals surface area contributed by atoms with Gasteiger partial charge in [-0.25, -0.2) is 0 Å². The van der Waals surface area contributed by atoms with E-state index in [0.717, 1.165) is 26.2 Å². The lowest BCUT2D eigenvalue weighted by Gasteiger charge is -2.32. The molecule has 0 spiro atoms. The molecular formula is C22H37N3O3. The zero-order chi connectivity index (χ0) is 20.7. The quantitative estimate of drug-likeness (QED) is 0.701. The van der Waals surface area contributed by atoms with E-state index in [2.05, 4.69) is 23.2 Å². The molecule has 1 aliphatic rings. The van der Waals surface area contributed by atoms with Crippen LogP contribution in [0.25, 0.3) is 0 Å². The lowest BCUT2D eigenvalue weighted by molar-refractivity contribution is -0.137. The molecule has 158 valence electrons. The van der Waals surface area contributed by atoms with Crippen molar-refractivity contribution in [2.24, 2.45) is 0 Å². The molecule has 1 aliphatic heterocycles. The zero-order valence-corrected chi connectivity index (χ0v) is 18.3. The topological polar surface area (TPSA) is 54.0 Å². The monoisotopic (exact) mass is 391 g/mol. The largest absolute Gasteiger partial charge is 0.490 e. The molecule has 1 heterocycles. The van der Waals surface area contributed by atoms with E-state index >= 15 is 0 Å². The Morgan fingerprint density at radius 1 is 1.21 bits per heavy atom. The third-order valence-corrected chi connectivity index (χ3v) is 4.92. The Labute approximate surface area is 170 Å². The van der Waals surface area contributed by atoms with Crippen molar-refractivity contribution in [2.75, 3.05) is 32.8 Å². The molecule has 0 saturated carbocycles. The molecule has 1 atom stereocenters. The number of benzene rings is 1. The predicted molar refractivity (Wildman–Crippen MR) is 113 cm³/mol. The first-order valence-corrected chi connectivity index (χ1v) is 10.5. The Balaban J connectivity index is 2.04. The Morgan fingerprint density at radius 3 is 2.54 bits per heavy atom. The van der Waals surface area contributed by atoms with E-state index in [1.54, 1.807) is 0 Å². The minimum atomic E-state index is -0.00803. The molecule has 28 heavy (non-hydrogen) atoms. The Morgan fingerprint density at radius 2 is 1.93 bits per heavy atom. The average Bonchev–Trinajstić information content (AvgIpc) is 2.60. The fourth-order valence-electron chi connectivity index (χ4n) is 3.84. The summed E-state index contributed by atoms with van der Waals surface area (Å²) in [7, 11) is 0. The number of hydrogen-bond donors (Lipinski definition) is 1. The molecule has 1 aromatic rings. The summed E-state index contributed by atoms with van der Waals surface area (Å²) in [6.45, 7) is 16.8. The van der Waals surface area contributed by atoms with Crippen LogP contribution in [0.1, 0.15) is 47.1 Å². The number of amides is 1. The van der Waals surface area contributed by atoms with Crippen LogP contribution >= 0.6 is 0 Å². The fourth-order valence-corrected chi connectivity index (χ4v) is 3.84. The van der Waals surface area contributed by atoms with E-state index in [1.807, 2.05) is 51.7 Å². The number of ether oxygens (including phenoxy) is 2. The third-order valence-electron chi connectivity index (χ3n) is 4.92. The molecule has 0 bridgehead atoms. The van der Waals surface area contributed by atoms with Crippen molar-refractivity contribution in [3.63, 3.8) is 0 Å². The molecule has 0 aromatic heterocycles. The summed E-state index contributed by atoms with van der Waals surface area (Å²) in [6, 6.07) is 6.83. The molecule has 0 unspecified atom stereocenters. The van der Waals surface area contributed by atoms with Gasteiger partial charge >= 0.3 is 0 Å². The molecule has 1 N–H and O–H groups in total. The van der Waals surface area contributed by atoms with Crippen molar-refractivity contribution < 1.29 is 14.3 Å². The molecule has 2 rings (SSSR count). The first-order valence-electron chi connectivity index (χ1n) is 10.5. The van der Waals surface area contributed by atoms with Gasteiger partial charge < -0.3 is 19.7 Å². The van der Waals surface area contributed by atoms with Gasteiger partial charge in [-0.15, -0.1) is 0 Å². The molecule has 0 radical (unpaired) electrons. The summed E-state index contributed by atoms with van der Waals surface area (Å²) in [4.78, 5) is 16.9. The highest BCUT2D eigenvalue weighted by Crippen LogP contribution is 2.29. The second-order valence-corrected chi connectivity index (χ2v) is 8.08. The van der Waals surface area contributed by atoms with Crippen LogP contribution in [0.5, 0.6) is 11.5 Å². The maximum absolute atomic E-state index is 12.6. The maximum Gasteiger partial charge on any atom is 0.260 e. The molecular weight excluding hydrogens is 354 g/mol. The van der Waals surface area contributed by atoms with Crippen molar-refractivity contribution >= 4 is 5.91 Å². The van der Waals surface area contributed by atoms with Crippen LogP contribution in [0.15, 0.2) is 18.2 Å². The third kappa shape index (κ3) is 6.38. The van der Waals surface area contributed by atoms with Crippen molar-refractivity contribution in [1.82, 2.24) is 15.1 Å². The summed E-state index contributed by atoms with van der Waals surface area (Å²) in [5.41, 5.74) is 1.20. The molecule has 6 nitrogen and oxygen atoms in total. The van der Waals surface area contributed by atoms with Gasteiger partial charge in [0.2, 0.25) is 0 Å². The number of piperazine rings is 1. The molecule has 1 aromatic carbocycles. The molecule has 1 saturated heterocycles. The highest BCUT2D eigenvalue weighted by Gasteiger charge is 2.21. The van der Waals surface area contributed by atoms with Gasteiger partial charge in [0.25, 0.3) is 5.91 Å². The summed E-state index contributed by atoms with van der Waals surface area (Å²) >= 11 is 0. The molecule has 6 heteroatoms. The highest BCUT2D eigenvalue weighted by atomic mass is 16.5. The minimum Gasteiger partial charge on any atom is -0.490 e. The van der Waals surface area contributed by atoms with Gasteiger partial charge in [-0.05, 0) is 59.2 Å². The van der Waals surface area contributed by atoms with E-state index in [4.69, 9.17) is 9.47 Å². The standard InChI is InChI=1S/C22H37N3O3/c1-7-27-21-12-19(14-24-11-10-23-18(6)13-24)8-9-20(21)28-15-22(26)25(16(2)3)17(4)5/h8-9,12,16-18,23H,7,10-11,13-15H2,1-6H3/t18-/m1/s1. The zero-order valence-electron chi connectivity index (χ0n) is 18.3. The van der Waals surface area contributed by atoms with E-state index < -0.39 is 0 Å². The van der Waals surface area contributed by atoms with Crippen LogP contribution in [-0.2, 0) is 11.3 Å². The summed E-state index contributed by atoms with van der Waals surface area (Å²) < 4.78 is 11.6.